The molecule has 0 amide bonds. The Labute approximate surface area is 128 Å². The molecule has 0 radical (unpaired) electrons. The molecule has 0 saturated heterocycles. The number of esters is 1. The van der Waals surface area contributed by atoms with Crippen molar-refractivity contribution in [3.8, 4) is 0 Å². The van der Waals surface area contributed by atoms with Crippen molar-refractivity contribution < 1.29 is 17.9 Å². The van der Waals surface area contributed by atoms with Crippen molar-refractivity contribution >= 4 is 16.0 Å². The van der Waals surface area contributed by atoms with Gasteiger partial charge in [-0.2, -0.15) is 5.10 Å². The van der Waals surface area contributed by atoms with E-state index in [1.54, 1.807) is 13.8 Å². The summed E-state index contributed by atoms with van der Waals surface area (Å²) in [4.78, 5) is 15.6. The highest BCUT2D eigenvalue weighted by atomic mass is 32.2. The molecule has 8 nitrogen and oxygen atoms in total. The quantitative estimate of drug-likeness (QED) is 0.782. The van der Waals surface area contributed by atoms with E-state index in [-0.39, 0.29) is 11.4 Å². The van der Waals surface area contributed by atoms with Crippen LogP contribution in [0.2, 0.25) is 0 Å². The Bertz CT molecular complexity index is 779. The molecular formula is C13H16N4O4S. The molecule has 0 aromatic carbocycles. The van der Waals surface area contributed by atoms with Crippen LogP contribution in [0.1, 0.15) is 27.4 Å². The summed E-state index contributed by atoms with van der Waals surface area (Å²) in [7, 11) is -2.44. The lowest BCUT2D eigenvalue weighted by molar-refractivity contribution is 0.0600. The average Bonchev–Trinajstić information content (AvgIpc) is 2.84. The fourth-order valence-electron chi connectivity index (χ4n) is 2.00. The van der Waals surface area contributed by atoms with Crippen LogP contribution in [0.5, 0.6) is 0 Å². The van der Waals surface area contributed by atoms with Gasteiger partial charge in [-0.05, 0) is 26.0 Å². The van der Waals surface area contributed by atoms with Crippen molar-refractivity contribution in [1.29, 1.82) is 0 Å². The number of rotatable bonds is 5. The molecular weight excluding hydrogens is 308 g/mol. The fraction of sp³-hybridized carbons (Fsp3) is 0.308. The van der Waals surface area contributed by atoms with E-state index in [0.29, 0.717) is 22.6 Å². The fourth-order valence-corrected chi connectivity index (χ4v) is 3.36. The van der Waals surface area contributed by atoms with E-state index in [9.17, 15) is 13.2 Å². The minimum atomic E-state index is -3.72. The van der Waals surface area contributed by atoms with Gasteiger partial charge in [0.05, 0.1) is 36.3 Å². The van der Waals surface area contributed by atoms with Gasteiger partial charge in [0, 0.05) is 6.20 Å². The minimum absolute atomic E-state index is 0.0444. The standard InChI is InChI=1S/C13H16N4O4S/c1-8-12(9(2)17-16-8)22(19,20)15-7-11-6-10(4-5-14-11)13(18)21-3/h4-6,15H,7H2,1-3H3,(H,16,17). The first-order valence-electron chi connectivity index (χ1n) is 6.39. The molecule has 22 heavy (non-hydrogen) atoms. The smallest absolute Gasteiger partial charge is 0.337 e. The van der Waals surface area contributed by atoms with Crippen molar-refractivity contribution in [3.63, 3.8) is 0 Å². The van der Waals surface area contributed by atoms with Gasteiger partial charge in [-0.3, -0.25) is 10.1 Å². The van der Waals surface area contributed by atoms with Gasteiger partial charge in [0.15, 0.2) is 0 Å². The highest BCUT2D eigenvalue weighted by Gasteiger charge is 2.22. The lowest BCUT2D eigenvalue weighted by Crippen LogP contribution is -2.25. The zero-order valence-electron chi connectivity index (χ0n) is 12.4. The Morgan fingerprint density at radius 3 is 2.73 bits per heavy atom. The summed E-state index contributed by atoms with van der Waals surface area (Å²) >= 11 is 0. The second kappa shape index (κ2) is 6.24. The molecule has 0 aliphatic carbocycles. The molecule has 2 aromatic heterocycles. The molecule has 2 rings (SSSR count). The van der Waals surface area contributed by atoms with Crippen LogP contribution in [0.4, 0.5) is 0 Å². The van der Waals surface area contributed by atoms with E-state index in [1.165, 1.54) is 25.4 Å². The summed E-state index contributed by atoms with van der Waals surface area (Å²) in [6.45, 7) is 3.19. The summed E-state index contributed by atoms with van der Waals surface area (Å²) in [5.74, 6) is -0.506. The summed E-state index contributed by atoms with van der Waals surface area (Å²) in [6, 6.07) is 2.97. The third-order valence-corrected chi connectivity index (χ3v) is 4.67. The van der Waals surface area contributed by atoms with Crippen LogP contribution in [-0.4, -0.2) is 36.7 Å². The minimum Gasteiger partial charge on any atom is -0.465 e. The highest BCUT2D eigenvalue weighted by Crippen LogP contribution is 2.16. The van der Waals surface area contributed by atoms with Gasteiger partial charge in [-0.25, -0.2) is 17.9 Å². The molecule has 0 atom stereocenters. The van der Waals surface area contributed by atoms with E-state index in [4.69, 9.17) is 0 Å². The Hall–Kier alpha value is -2.26. The van der Waals surface area contributed by atoms with Crippen LogP contribution in [0.3, 0.4) is 0 Å². The number of ether oxygens (including phenoxy) is 1. The first-order valence-corrected chi connectivity index (χ1v) is 7.88. The van der Waals surface area contributed by atoms with Crippen molar-refractivity contribution in [1.82, 2.24) is 19.9 Å². The number of aryl methyl sites for hydroxylation is 2. The second-order valence-electron chi connectivity index (χ2n) is 4.62. The number of carbonyl (C=O) groups is 1. The number of aromatic amines is 1. The van der Waals surface area contributed by atoms with Crippen molar-refractivity contribution in [2.45, 2.75) is 25.3 Å². The number of pyridine rings is 1. The molecule has 0 aliphatic heterocycles. The summed E-state index contributed by atoms with van der Waals surface area (Å²) in [5, 5.41) is 6.49. The zero-order valence-corrected chi connectivity index (χ0v) is 13.2. The van der Waals surface area contributed by atoms with Gasteiger partial charge in [0.1, 0.15) is 4.90 Å². The van der Waals surface area contributed by atoms with Gasteiger partial charge in [-0.1, -0.05) is 0 Å². The number of hydrogen-bond acceptors (Lipinski definition) is 6. The maximum Gasteiger partial charge on any atom is 0.337 e. The van der Waals surface area contributed by atoms with Crippen molar-refractivity contribution in [2.75, 3.05) is 7.11 Å². The SMILES string of the molecule is COC(=O)c1ccnc(CNS(=O)(=O)c2c(C)n[nH]c2C)c1. The summed E-state index contributed by atoms with van der Waals surface area (Å²) in [6.07, 6.45) is 1.42. The molecule has 2 N–H and O–H groups in total. The molecule has 0 fully saturated rings. The maximum atomic E-state index is 12.3. The number of nitrogens with one attached hydrogen (secondary N) is 2. The van der Waals surface area contributed by atoms with E-state index in [0.717, 1.165) is 0 Å². The highest BCUT2D eigenvalue weighted by molar-refractivity contribution is 7.89. The van der Waals surface area contributed by atoms with Crippen LogP contribution >= 0.6 is 0 Å². The number of hydrogen-bond donors (Lipinski definition) is 2. The summed E-state index contributed by atoms with van der Waals surface area (Å²) < 4.78 is 31.6. The third-order valence-electron chi connectivity index (χ3n) is 3.01. The lowest BCUT2D eigenvalue weighted by atomic mass is 10.2. The normalized spacial score (nSPS) is 11.4. The van der Waals surface area contributed by atoms with Gasteiger partial charge in [0.25, 0.3) is 0 Å². The predicted octanol–water partition coefficient (Wildman–Crippen LogP) is 0.687. The average molecular weight is 324 g/mol. The van der Waals surface area contributed by atoms with Crippen LogP contribution < -0.4 is 4.72 Å². The van der Waals surface area contributed by atoms with Gasteiger partial charge in [0.2, 0.25) is 10.0 Å². The van der Waals surface area contributed by atoms with Crippen LogP contribution in [-0.2, 0) is 21.3 Å². The molecule has 9 heteroatoms. The molecule has 0 spiro atoms. The number of nitrogens with zero attached hydrogens (tertiary/aromatic N) is 2. The van der Waals surface area contributed by atoms with Gasteiger partial charge in [-0.15, -0.1) is 0 Å². The molecule has 2 heterocycles. The van der Waals surface area contributed by atoms with E-state index < -0.39 is 16.0 Å². The second-order valence-corrected chi connectivity index (χ2v) is 6.32. The Kier molecular flexibility index (Phi) is 4.57. The number of aromatic nitrogens is 3. The first kappa shape index (κ1) is 16.1. The van der Waals surface area contributed by atoms with Crippen LogP contribution in [0.15, 0.2) is 23.2 Å². The zero-order chi connectivity index (χ0) is 16.3. The van der Waals surface area contributed by atoms with E-state index in [2.05, 4.69) is 24.6 Å². The Morgan fingerprint density at radius 2 is 2.14 bits per heavy atom. The maximum absolute atomic E-state index is 12.3. The molecule has 0 aliphatic rings. The van der Waals surface area contributed by atoms with Crippen molar-refractivity contribution in [2.24, 2.45) is 0 Å². The first-order chi connectivity index (χ1) is 10.3. The Morgan fingerprint density at radius 1 is 1.41 bits per heavy atom. The van der Waals surface area contributed by atoms with Crippen molar-refractivity contribution in [3.05, 3.63) is 41.0 Å². The molecule has 0 saturated carbocycles. The number of sulfonamides is 1. The van der Waals surface area contributed by atoms with Gasteiger partial charge < -0.3 is 4.74 Å². The Balaban J connectivity index is 2.18. The molecule has 0 bridgehead atoms. The number of carbonyl (C=O) groups excluding carboxylic acids is 1. The van der Waals surface area contributed by atoms with E-state index >= 15 is 0 Å². The predicted molar refractivity (Wildman–Crippen MR) is 77.7 cm³/mol. The monoisotopic (exact) mass is 324 g/mol. The number of methoxy groups -OCH3 is 1. The van der Waals surface area contributed by atoms with E-state index in [1.807, 2.05) is 0 Å². The lowest BCUT2D eigenvalue weighted by Gasteiger charge is -2.07. The molecule has 0 unspecified atom stereocenters. The topological polar surface area (TPSA) is 114 Å². The van der Waals surface area contributed by atoms with Crippen LogP contribution in [0, 0.1) is 13.8 Å². The summed E-state index contributed by atoms with van der Waals surface area (Å²) in [5.41, 5.74) is 1.56. The third kappa shape index (κ3) is 3.31. The largest absolute Gasteiger partial charge is 0.465 e. The number of H-pyrrole nitrogens is 1. The van der Waals surface area contributed by atoms with Gasteiger partial charge >= 0.3 is 5.97 Å². The molecule has 2 aromatic rings. The van der Waals surface area contributed by atoms with Crippen LogP contribution in [0.25, 0.3) is 0 Å². The molecule has 118 valence electrons.